The predicted molar refractivity (Wildman–Crippen MR) is 136 cm³/mol. The van der Waals surface area contributed by atoms with E-state index in [1.165, 1.54) is 0 Å². The number of aromatic amines is 4. The molecule has 0 saturated carbocycles. The van der Waals surface area contributed by atoms with Crippen LogP contribution in [0.2, 0.25) is 0 Å². The van der Waals surface area contributed by atoms with E-state index in [9.17, 15) is 0 Å². The van der Waals surface area contributed by atoms with E-state index in [1.54, 1.807) is 0 Å². The van der Waals surface area contributed by atoms with Crippen LogP contribution in [0, 0.1) is 0 Å². The van der Waals surface area contributed by atoms with Crippen molar-refractivity contribution in [2.24, 2.45) is 0 Å². The summed E-state index contributed by atoms with van der Waals surface area (Å²) in [7, 11) is 0. The molecule has 8 aromatic rings. The van der Waals surface area contributed by atoms with Crippen LogP contribution in [0.1, 0.15) is 0 Å². The Balaban J connectivity index is 0.0000000988. The predicted octanol–water partition coefficient (Wildman–Crippen LogP) is 3.83. The third-order valence-corrected chi connectivity index (χ3v) is 4.89. The average molecular weight is 477 g/mol. The molecule has 0 aliphatic rings. The van der Waals surface area contributed by atoms with Crippen molar-refractivity contribution in [3.05, 3.63) is 97.1 Å². The first-order chi connectivity index (χ1) is 17.9. The lowest BCUT2D eigenvalue weighted by Gasteiger charge is -1.78. The number of hydrogen-bond acceptors (Lipinski definition) is 8. The first-order valence-corrected chi connectivity index (χ1v) is 10.9. The highest BCUT2D eigenvalue weighted by Gasteiger charge is 1.93. The van der Waals surface area contributed by atoms with E-state index >= 15 is 0 Å². The van der Waals surface area contributed by atoms with E-state index in [2.05, 4.69) is 61.6 Å². The van der Waals surface area contributed by atoms with Gasteiger partial charge in [-0.1, -0.05) is 48.5 Å². The Morgan fingerprint density at radius 3 is 0.528 bits per heavy atom. The number of hydrogen-bond donors (Lipinski definition) is 4. The molecule has 0 atom stereocenters. The molecule has 36 heavy (non-hydrogen) atoms. The molecule has 4 aromatic carbocycles. The average Bonchev–Trinajstić information content (AvgIpc) is 3.76. The second-order valence-electron chi connectivity index (χ2n) is 7.25. The Kier molecular flexibility index (Phi) is 6.85. The van der Waals surface area contributed by atoms with Crippen LogP contribution in [0.15, 0.2) is 97.1 Å². The van der Waals surface area contributed by atoms with Crippen LogP contribution in [0.25, 0.3) is 44.1 Å². The number of aromatic nitrogens is 12. The van der Waals surface area contributed by atoms with Crippen LogP contribution < -0.4 is 0 Å². The summed E-state index contributed by atoms with van der Waals surface area (Å²) in [6.45, 7) is 0. The van der Waals surface area contributed by atoms with E-state index in [0.717, 1.165) is 44.1 Å². The van der Waals surface area contributed by atoms with Gasteiger partial charge in [0.25, 0.3) is 0 Å². The normalized spacial score (nSPS) is 10.2. The van der Waals surface area contributed by atoms with Crippen molar-refractivity contribution in [2.45, 2.75) is 0 Å². The minimum atomic E-state index is 0.914. The number of nitrogens with zero attached hydrogens (tertiary/aromatic N) is 8. The number of rotatable bonds is 0. The number of benzene rings is 4. The molecule has 0 spiro atoms. The molecule has 4 aromatic heterocycles. The summed E-state index contributed by atoms with van der Waals surface area (Å²) in [5, 5.41) is 41.2. The van der Waals surface area contributed by atoms with Crippen LogP contribution in [0.5, 0.6) is 0 Å². The highest BCUT2D eigenvalue weighted by molar-refractivity contribution is 5.74. The lowest BCUT2D eigenvalue weighted by atomic mass is 10.3. The summed E-state index contributed by atoms with van der Waals surface area (Å²) in [5.41, 5.74) is 7.31. The lowest BCUT2D eigenvalue weighted by Crippen LogP contribution is -1.63. The summed E-state index contributed by atoms with van der Waals surface area (Å²) >= 11 is 0. The molecule has 8 rings (SSSR count). The molecular formula is C24H20N12. The summed E-state index contributed by atoms with van der Waals surface area (Å²) < 4.78 is 0. The fraction of sp³-hybridized carbons (Fsp3) is 0. The maximum Gasteiger partial charge on any atom is 0.112 e. The Labute approximate surface area is 203 Å². The standard InChI is InChI=1S/4C6H5N3/c4*1-2-4-6-5(3-1)7-9-8-6/h4*1-4H,(H,7,8,9). The van der Waals surface area contributed by atoms with Gasteiger partial charge < -0.3 is 0 Å². The first-order valence-electron chi connectivity index (χ1n) is 10.9. The zero-order valence-corrected chi connectivity index (χ0v) is 18.8. The molecule has 176 valence electrons. The molecule has 0 fully saturated rings. The molecular weight excluding hydrogens is 456 g/mol. The highest BCUT2D eigenvalue weighted by atomic mass is 15.3. The fourth-order valence-electron chi connectivity index (χ4n) is 3.14. The van der Waals surface area contributed by atoms with Crippen LogP contribution >= 0.6 is 0 Å². The molecule has 4 N–H and O–H groups in total. The van der Waals surface area contributed by atoms with Crippen LogP contribution in [0.4, 0.5) is 0 Å². The second-order valence-corrected chi connectivity index (χ2v) is 7.25. The Morgan fingerprint density at radius 2 is 0.389 bits per heavy atom. The topological polar surface area (TPSA) is 166 Å². The van der Waals surface area contributed by atoms with Crippen molar-refractivity contribution in [2.75, 3.05) is 0 Å². The molecule has 0 amide bonds. The van der Waals surface area contributed by atoms with Gasteiger partial charge in [0.15, 0.2) is 0 Å². The maximum absolute atomic E-state index is 3.88. The van der Waals surface area contributed by atoms with Gasteiger partial charge in [-0.15, -0.1) is 0 Å². The Morgan fingerprint density at radius 1 is 0.250 bits per heavy atom. The van der Waals surface area contributed by atoms with Crippen molar-refractivity contribution < 1.29 is 0 Å². The first kappa shape index (κ1) is 22.3. The summed E-state index contributed by atoms with van der Waals surface area (Å²) in [5.74, 6) is 0. The molecule has 12 nitrogen and oxygen atoms in total. The molecule has 0 unspecified atom stereocenters. The van der Waals surface area contributed by atoms with E-state index in [1.807, 2.05) is 97.1 Å². The van der Waals surface area contributed by atoms with Gasteiger partial charge in [-0.25, -0.2) is 0 Å². The highest BCUT2D eigenvalue weighted by Crippen LogP contribution is 2.05. The van der Waals surface area contributed by atoms with Crippen molar-refractivity contribution in [3.8, 4) is 0 Å². The van der Waals surface area contributed by atoms with Crippen molar-refractivity contribution in [3.63, 3.8) is 0 Å². The number of nitrogens with one attached hydrogen (secondary N) is 4. The van der Waals surface area contributed by atoms with Gasteiger partial charge in [-0.2, -0.15) is 61.6 Å². The minimum absolute atomic E-state index is 0.914. The minimum Gasteiger partial charge on any atom is -0.197 e. The number of fused-ring (bicyclic) bond motifs is 4. The molecule has 0 bridgehead atoms. The van der Waals surface area contributed by atoms with Gasteiger partial charge >= 0.3 is 0 Å². The quantitative estimate of drug-likeness (QED) is 0.256. The summed E-state index contributed by atoms with van der Waals surface area (Å²) in [6, 6.07) is 30.8. The van der Waals surface area contributed by atoms with Crippen molar-refractivity contribution >= 4 is 44.1 Å². The van der Waals surface area contributed by atoms with Gasteiger partial charge in [0.1, 0.15) is 44.1 Å². The monoisotopic (exact) mass is 476 g/mol. The fourth-order valence-corrected chi connectivity index (χ4v) is 3.14. The van der Waals surface area contributed by atoms with Gasteiger partial charge in [0.2, 0.25) is 0 Å². The molecule has 0 saturated heterocycles. The van der Waals surface area contributed by atoms with Gasteiger partial charge in [0, 0.05) is 0 Å². The third-order valence-electron chi connectivity index (χ3n) is 4.89. The van der Waals surface area contributed by atoms with Gasteiger partial charge in [0.05, 0.1) is 0 Å². The number of para-hydroxylation sites is 8. The lowest BCUT2D eigenvalue weighted by molar-refractivity contribution is 0.959. The molecule has 4 heterocycles. The van der Waals surface area contributed by atoms with Crippen LogP contribution in [-0.2, 0) is 0 Å². The van der Waals surface area contributed by atoms with Gasteiger partial charge in [-0.3, -0.25) is 0 Å². The van der Waals surface area contributed by atoms with Crippen molar-refractivity contribution in [1.82, 2.24) is 61.6 Å². The molecule has 12 heteroatoms. The van der Waals surface area contributed by atoms with E-state index in [0.29, 0.717) is 0 Å². The van der Waals surface area contributed by atoms with Crippen LogP contribution in [-0.4, -0.2) is 61.6 Å². The molecule has 0 radical (unpaired) electrons. The molecule has 0 aliphatic carbocycles. The van der Waals surface area contributed by atoms with E-state index in [-0.39, 0.29) is 0 Å². The van der Waals surface area contributed by atoms with Crippen LogP contribution in [0.3, 0.4) is 0 Å². The Bertz CT molecular complexity index is 1390. The SMILES string of the molecule is c1ccc2n[nH]nc2c1.c1ccc2n[nH]nc2c1.c1ccc2n[nH]nc2c1.c1ccc2n[nH]nc2c1. The van der Waals surface area contributed by atoms with Crippen molar-refractivity contribution in [1.29, 1.82) is 0 Å². The zero-order chi connectivity index (χ0) is 24.4. The largest absolute Gasteiger partial charge is 0.197 e. The Hall–Kier alpha value is -5.52. The number of H-pyrrole nitrogens is 4. The summed E-state index contributed by atoms with van der Waals surface area (Å²) in [4.78, 5) is 0. The third kappa shape index (κ3) is 5.51. The second kappa shape index (κ2) is 11.1. The van der Waals surface area contributed by atoms with Gasteiger partial charge in [-0.05, 0) is 48.5 Å². The summed E-state index contributed by atoms with van der Waals surface area (Å²) in [6.07, 6.45) is 0. The van der Waals surface area contributed by atoms with E-state index in [4.69, 9.17) is 0 Å². The zero-order valence-electron chi connectivity index (χ0n) is 18.8. The smallest absolute Gasteiger partial charge is 0.112 e. The molecule has 0 aliphatic heterocycles. The van der Waals surface area contributed by atoms with E-state index < -0.39 is 0 Å². The maximum atomic E-state index is 3.88.